The summed E-state index contributed by atoms with van der Waals surface area (Å²) in [7, 11) is 0. The van der Waals surface area contributed by atoms with E-state index >= 15 is 0 Å². The maximum atomic E-state index is 11.7. The van der Waals surface area contributed by atoms with Crippen LogP contribution in [0.5, 0.6) is 0 Å². The molecule has 6 heteroatoms. The highest BCUT2D eigenvalue weighted by Crippen LogP contribution is 2.22. The van der Waals surface area contributed by atoms with Gasteiger partial charge in [0.05, 0.1) is 6.54 Å². The van der Waals surface area contributed by atoms with Gasteiger partial charge in [-0.2, -0.15) is 0 Å². The Labute approximate surface area is 110 Å². The molecule has 0 aliphatic carbocycles. The summed E-state index contributed by atoms with van der Waals surface area (Å²) in [6.45, 7) is 6.63. The number of nitrogens with one attached hydrogen (secondary N) is 1. The van der Waals surface area contributed by atoms with Gasteiger partial charge in [0.1, 0.15) is 4.88 Å². The van der Waals surface area contributed by atoms with Crippen molar-refractivity contribution in [2.24, 2.45) is 0 Å². The standard InChI is InChI=1S/C12H18N2O3S/c1-4-14(6-11(15)13-8(2)3)9-5-10(12(16)17)18-7-9/h5,7-8H,4,6H2,1-3H3,(H,13,15)(H,16,17). The van der Waals surface area contributed by atoms with E-state index in [1.54, 1.807) is 11.4 Å². The molecule has 1 rings (SSSR count). The number of nitrogens with zero attached hydrogens (tertiary/aromatic N) is 1. The second-order valence-electron chi connectivity index (χ2n) is 4.21. The topological polar surface area (TPSA) is 69.6 Å². The van der Waals surface area contributed by atoms with Gasteiger partial charge in [-0.25, -0.2) is 4.79 Å². The number of aromatic carboxylic acids is 1. The molecule has 0 aromatic carbocycles. The Morgan fingerprint density at radius 1 is 1.50 bits per heavy atom. The van der Waals surface area contributed by atoms with Crippen LogP contribution in [0.3, 0.4) is 0 Å². The molecular weight excluding hydrogens is 252 g/mol. The van der Waals surface area contributed by atoms with Crippen LogP contribution in [0.2, 0.25) is 0 Å². The SMILES string of the molecule is CCN(CC(=O)NC(C)C)c1csc(C(=O)O)c1. The van der Waals surface area contributed by atoms with Gasteiger partial charge in [-0.05, 0) is 26.8 Å². The molecule has 2 N–H and O–H groups in total. The van der Waals surface area contributed by atoms with Crippen LogP contribution < -0.4 is 10.2 Å². The van der Waals surface area contributed by atoms with E-state index < -0.39 is 5.97 Å². The summed E-state index contributed by atoms with van der Waals surface area (Å²) in [6, 6.07) is 1.70. The second kappa shape index (κ2) is 6.39. The molecule has 0 aliphatic heterocycles. The van der Waals surface area contributed by atoms with E-state index in [1.807, 2.05) is 25.7 Å². The summed E-state index contributed by atoms with van der Waals surface area (Å²) >= 11 is 1.17. The van der Waals surface area contributed by atoms with E-state index in [-0.39, 0.29) is 23.4 Å². The molecule has 0 fully saturated rings. The Hall–Kier alpha value is -1.56. The van der Waals surface area contributed by atoms with Gasteiger partial charge in [-0.15, -0.1) is 11.3 Å². The lowest BCUT2D eigenvalue weighted by Crippen LogP contribution is -2.40. The van der Waals surface area contributed by atoms with Crippen molar-refractivity contribution in [3.63, 3.8) is 0 Å². The molecule has 0 saturated heterocycles. The number of carboxylic acids is 1. The number of carbonyl (C=O) groups is 2. The molecule has 1 aromatic heterocycles. The van der Waals surface area contributed by atoms with E-state index in [0.717, 1.165) is 5.69 Å². The third-order valence-electron chi connectivity index (χ3n) is 2.33. The number of likely N-dealkylation sites (N-methyl/N-ethyl adjacent to an activating group) is 1. The zero-order valence-corrected chi connectivity index (χ0v) is 11.6. The van der Waals surface area contributed by atoms with E-state index in [0.29, 0.717) is 6.54 Å². The number of anilines is 1. The van der Waals surface area contributed by atoms with Crippen LogP contribution >= 0.6 is 11.3 Å². The highest BCUT2D eigenvalue weighted by Gasteiger charge is 2.14. The van der Waals surface area contributed by atoms with Crippen molar-refractivity contribution >= 4 is 28.9 Å². The third kappa shape index (κ3) is 4.03. The van der Waals surface area contributed by atoms with Crippen molar-refractivity contribution in [1.29, 1.82) is 0 Å². The summed E-state index contributed by atoms with van der Waals surface area (Å²) < 4.78 is 0. The first-order valence-electron chi connectivity index (χ1n) is 5.80. The van der Waals surface area contributed by atoms with Gasteiger partial charge in [-0.3, -0.25) is 4.79 Å². The van der Waals surface area contributed by atoms with Crippen LogP contribution in [0, 0.1) is 0 Å². The minimum atomic E-state index is -0.936. The average molecular weight is 270 g/mol. The number of thiophene rings is 1. The van der Waals surface area contributed by atoms with E-state index in [1.165, 1.54) is 11.3 Å². The van der Waals surface area contributed by atoms with Crippen LogP contribution in [0.4, 0.5) is 5.69 Å². The number of amides is 1. The summed E-state index contributed by atoms with van der Waals surface area (Å²) in [5, 5.41) is 13.4. The number of hydrogen-bond donors (Lipinski definition) is 2. The number of carboxylic acid groups (broad SMARTS) is 1. The third-order valence-corrected chi connectivity index (χ3v) is 3.23. The van der Waals surface area contributed by atoms with Gasteiger partial charge in [0.2, 0.25) is 5.91 Å². The Kier molecular flexibility index (Phi) is 5.15. The van der Waals surface area contributed by atoms with Gasteiger partial charge in [0.15, 0.2) is 0 Å². The minimum Gasteiger partial charge on any atom is -0.477 e. The second-order valence-corrected chi connectivity index (χ2v) is 5.12. The zero-order chi connectivity index (χ0) is 13.7. The van der Waals surface area contributed by atoms with E-state index in [2.05, 4.69) is 5.32 Å². The molecule has 1 amide bonds. The molecular formula is C12H18N2O3S. The average Bonchev–Trinajstić information content (AvgIpc) is 2.74. The van der Waals surface area contributed by atoms with E-state index in [9.17, 15) is 9.59 Å². The van der Waals surface area contributed by atoms with Crippen molar-refractivity contribution in [3.05, 3.63) is 16.3 Å². The van der Waals surface area contributed by atoms with Crippen LogP contribution in [0.15, 0.2) is 11.4 Å². The zero-order valence-electron chi connectivity index (χ0n) is 10.8. The summed E-state index contributed by atoms with van der Waals surface area (Å²) in [5.41, 5.74) is 0.777. The normalized spacial score (nSPS) is 10.4. The Morgan fingerprint density at radius 2 is 2.17 bits per heavy atom. The van der Waals surface area contributed by atoms with E-state index in [4.69, 9.17) is 5.11 Å². The smallest absolute Gasteiger partial charge is 0.345 e. The number of hydrogen-bond acceptors (Lipinski definition) is 4. The lowest BCUT2D eigenvalue weighted by molar-refractivity contribution is -0.120. The molecule has 0 aliphatic rings. The van der Waals surface area contributed by atoms with Crippen molar-refractivity contribution in [2.45, 2.75) is 26.8 Å². The molecule has 0 unspecified atom stereocenters. The van der Waals surface area contributed by atoms with Gasteiger partial charge in [-0.1, -0.05) is 0 Å². The monoisotopic (exact) mass is 270 g/mol. The number of carbonyl (C=O) groups excluding carboxylic acids is 1. The first-order chi connectivity index (χ1) is 8.43. The molecule has 1 aromatic rings. The quantitative estimate of drug-likeness (QED) is 0.827. The van der Waals surface area contributed by atoms with Crippen LogP contribution in [0.1, 0.15) is 30.4 Å². The molecule has 1 heterocycles. The molecule has 0 atom stereocenters. The van der Waals surface area contributed by atoms with Gasteiger partial charge in [0, 0.05) is 23.7 Å². The highest BCUT2D eigenvalue weighted by molar-refractivity contribution is 7.12. The molecule has 0 spiro atoms. The maximum absolute atomic E-state index is 11.7. The molecule has 0 radical (unpaired) electrons. The fourth-order valence-electron chi connectivity index (χ4n) is 1.53. The van der Waals surface area contributed by atoms with Gasteiger partial charge < -0.3 is 15.3 Å². The lowest BCUT2D eigenvalue weighted by Gasteiger charge is -2.21. The first-order valence-corrected chi connectivity index (χ1v) is 6.68. The predicted octanol–water partition coefficient (Wildman–Crippen LogP) is 1.80. The van der Waals surface area contributed by atoms with Crippen LogP contribution in [-0.4, -0.2) is 36.1 Å². The Balaban J connectivity index is 2.70. The Bertz CT molecular complexity index is 429. The van der Waals surface area contributed by atoms with Crippen molar-refractivity contribution in [1.82, 2.24) is 5.32 Å². The lowest BCUT2D eigenvalue weighted by atomic mass is 10.3. The maximum Gasteiger partial charge on any atom is 0.345 e. The molecule has 0 saturated carbocycles. The minimum absolute atomic E-state index is 0.0603. The fourth-order valence-corrected chi connectivity index (χ4v) is 2.29. The molecule has 100 valence electrons. The molecule has 5 nitrogen and oxygen atoms in total. The largest absolute Gasteiger partial charge is 0.477 e. The van der Waals surface area contributed by atoms with Crippen molar-refractivity contribution in [3.8, 4) is 0 Å². The van der Waals surface area contributed by atoms with Crippen LogP contribution in [0.25, 0.3) is 0 Å². The van der Waals surface area contributed by atoms with Crippen LogP contribution in [-0.2, 0) is 4.79 Å². The van der Waals surface area contributed by atoms with Crippen molar-refractivity contribution in [2.75, 3.05) is 18.0 Å². The molecule has 18 heavy (non-hydrogen) atoms. The van der Waals surface area contributed by atoms with Gasteiger partial charge in [0.25, 0.3) is 0 Å². The summed E-state index contributed by atoms with van der Waals surface area (Å²) in [5.74, 6) is -0.996. The first kappa shape index (κ1) is 14.5. The summed E-state index contributed by atoms with van der Waals surface area (Å²) in [6.07, 6.45) is 0. The van der Waals surface area contributed by atoms with Gasteiger partial charge >= 0.3 is 5.97 Å². The highest BCUT2D eigenvalue weighted by atomic mass is 32.1. The predicted molar refractivity (Wildman–Crippen MR) is 72.4 cm³/mol. The molecule has 0 bridgehead atoms. The Morgan fingerprint density at radius 3 is 2.61 bits per heavy atom. The summed E-state index contributed by atoms with van der Waals surface area (Å²) in [4.78, 5) is 24.6. The fraction of sp³-hybridized carbons (Fsp3) is 0.500. The number of rotatable bonds is 6. The van der Waals surface area contributed by atoms with Crippen molar-refractivity contribution < 1.29 is 14.7 Å².